The molecule has 0 saturated carbocycles. The van der Waals surface area contributed by atoms with E-state index in [-0.39, 0.29) is 34.1 Å². The van der Waals surface area contributed by atoms with Gasteiger partial charge in [-0.3, -0.25) is 14.6 Å². The molecule has 0 unspecified atom stereocenters. The summed E-state index contributed by atoms with van der Waals surface area (Å²) in [4.78, 5) is 40.3. The number of hydrogen-bond donors (Lipinski definition) is 0. The van der Waals surface area contributed by atoms with Crippen LogP contribution >= 0.6 is 11.3 Å². The van der Waals surface area contributed by atoms with Crippen molar-refractivity contribution in [1.82, 2.24) is 0 Å². The summed E-state index contributed by atoms with van der Waals surface area (Å²) in [6.07, 6.45) is -0.0311. The molecule has 0 aromatic carbocycles. The van der Waals surface area contributed by atoms with Crippen LogP contribution in [0.5, 0.6) is 0 Å². The van der Waals surface area contributed by atoms with Crippen molar-refractivity contribution in [2.45, 2.75) is 6.42 Å². The van der Waals surface area contributed by atoms with Crippen molar-refractivity contribution < 1.29 is 23.9 Å². The average molecular weight is 295 g/mol. The van der Waals surface area contributed by atoms with Gasteiger partial charge in [-0.25, -0.2) is 4.79 Å². The van der Waals surface area contributed by atoms with Crippen LogP contribution in [0.3, 0.4) is 0 Å². The lowest BCUT2D eigenvalue weighted by Gasteiger charge is -2.11. The van der Waals surface area contributed by atoms with Crippen molar-refractivity contribution in [2.75, 3.05) is 27.4 Å². The highest BCUT2D eigenvalue weighted by Gasteiger charge is 2.32. The number of hydrogen-bond acceptors (Lipinski definition) is 7. The molecule has 106 valence electrons. The fourth-order valence-electron chi connectivity index (χ4n) is 1.84. The Bertz CT molecular complexity index is 602. The van der Waals surface area contributed by atoms with Gasteiger partial charge in [-0.15, -0.1) is 11.3 Å². The Kier molecular flexibility index (Phi) is 4.41. The summed E-state index contributed by atoms with van der Waals surface area (Å²) in [5, 5.41) is 0. The Balaban J connectivity index is 2.33. The van der Waals surface area contributed by atoms with Crippen molar-refractivity contribution in [3.8, 4) is 0 Å². The maximum atomic E-state index is 12.2. The topological polar surface area (TPSA) is 82.0 Å². The normalized spacial score (nSPS) is 16.4. The number of esters is 1. The van der Waals surface area contributed by atoms with Gasteiger partial charge in [0.05, 0.1) is 37.3 Å². The monoisotopic (exact) mass is 295 g/mol. The summed E-state index contributed by atoms with van der Waals surface area (Å²) in [5.41, 5.74) is 0.455. The van der Waals surface area contributed by atoms with Crippen LogP contribution in [-0.2, 0) is 9.47 Å². The van der Waals surface area contributed by atoms with Gasteiger partial charge in [0, 0.05) is 12.7 Å². The summed E-state index contributed by atoms with van der Waals surface area (Å²) < 4.78 is 9.44. The lowest BCUT2D eigenvalue weighted by Crippen LogP contribution is -2.26. The molecule has 1 aromatic heterocycles. The van der Waals surface area contributed by atoms with Crippen molar-refractivity contribution in [1.29, 1.82) is 0 Å². The highest BCUT2D eigenvalue weighted by Crippen LogP contribution is 2.29. The van der Waals surface area contributed by atoms with E-state index in [1.807, 2.05) is 0 Å². The van der Waals surface area contributed by atoms with Gasteiger partial charge in [-0.2, -0.15) is 0 Å². The number of ketones is 2. The maximum Gasteiger partial charge on any atom is 0.348 e. The Morgan fingerprint density at radius 3 is 2.80 bits per heavy atom. The number of rotatable bonds is 4. The van der Waals surface area contributed by atoms with Crippen LogP contribution in [0.15, 0.2) is 11.1 Å². The molecule has 0 aliphatic heterocycles. The predicted molar refractivity (Wildman–Crippen MR) is 73.1 cm³/mol. The summed E-state index contributed by atoms with van der Waals surface area (Å²) in [6, 6.07) is 1.40. The first-order valence-corrected chi connectivity index (χ1v) is 6.72. The van der Waals surface area contributed by atoms with Gasteiger partial charge < -0.3 is 9.47 Å². The maximum absolute atomic E-state index is 12.2. The zero-order valence-electron chi connectivity index (χ0n) is 11.1. The minimum Gasteiger partial charge on any atom is -0.465 e. The van der Waals surface area contributed by atoms with E-state index in [0.29, 0.717) is 18.0 Å². The van der Waals surface area contributed by atoms with Crippen LogP contribution in [0, 0.1) is 0 Å². The van der Waals surface area contributed by atoms with E-state index in [2.05, 4.69) is 9.73 Å². The molecule has 0 radical (unpaired) electrons. The molecule has 0 atom stereocenters. The minimum atomic E-state index is -0.553. The first kappa shape index (κ1) is 14.5. The van der Waals surface area contributed by atoms with Crippen LogP contribution in [0.1, 0.15) is 36.1 Å². The zero-order chi connectivity index (χ0) is 14.7. The Morgan fingerprint density at radius 2 is 2.15 bits per heavy atom. The number of fused-ring (bicyclic) bond motifs is 1. The fraction of sp³-hybridized carbons (Fsp3) is 0.385. The van der Waals surface area contributed by atoms with Gasteiger partial charge in [-0.1, -0.05) is 0 Å². The molecule has 1 aliphatic rings. The second kappa shape index (κ2) is 6.06. The van der Waals surface area contributed by atoms with E-state index in [1.165, 1.54) is 20.3 Å². The molecule has 1 aliphatic carbocycles. The molecule has 0 bridgehead atoms. The van der Waals surface area contributed by atoms with E-state index in [4.69, 9.17) is 4.74 Å². The van der Waals surface area contributed by atoms with E-state index < -0.39 is 5.97 Å². The molecular formula is C13H13NO5S. The molecule has 0 N–H and O–H groups in total. The molecule has 1 aromatic rings. The van der Waals surface area contributed by atoms with Gasteiger partial charge >= 0.3 is 5.97 Å². The smallest absolute Gasteiger partial charge is 0.348 e. The van der Waals surface area contributed by atoms with Crippen LogP contribution < -0.4 is 0 Å². The van der Waals surface area contributed by atoms with Crippen LogP contribution in [-0.4, -0.2) is 50.6 Å². The molecule has 0 saturated heterocycles. The fourth-order valence-corrected chi connectivity index (χ4v) is 2.85. The van der Waals surface area contributed by atoms with Crippen molar-refractivity contribution in [2.24, 2.45) is 4.99 Å². The first-order chi connectivity index (χ1) is 9.58. The van der Waals surface area contributed by atoms with Crippen LogP contribution in [0.25, 0.3) is 0 Å². The lowest BCUT2D eigenvalue weighted by atomic mass is 9.94. The highest BCUT2D eigenvalue weighted by atomic mass is 32.1. The Labute approximate surface area is 119 Å². The van der Waals surface area contributed by atoms with E-state index in [1.54, 1.807) is 0 Å². The van der Waals surface area contributed by atoms with Gasteiger partial charge in [0.2, 0.25) is 5.78 Å². The van der Waals surface area contributed by atoms with E-state index >= 15 is 0 Å². The first-order valence-electron chi connectivity index (χ1n) is 5.90. The summed E-state index contributed by atoms with van der Waals surface area (Å²) in [5.74, 6) is -1.05. The van der Waals surface area contributed by atoms with E-state index in [0.717, 1.165) is 11.3 Å². The molecule has 0 amide bonds. The van der Waals surface area contributed by atoms with Crippen LogP contribution in [0.2, 0.25) is 0 Å². The molecule has 20 heavy (non-hydrogen) atoms. The number of aliphatic imine (C=N–C) groups is 1. The third-order valence-corrected chi connectivity index (χ3v) is 3.96. The number of methoxy groups -OCH3 is 2. The second-order valence-electron chi connectivity index (χ2n) is 4.10. The Hall–Kier alpha value is -1.86. The quantitative estimate of drug-likeness (QED) is 0.619. The molecule has 6 nitrogen and oxygen atoms in total. The number of carbonyl (C=O) groups is 3. The minimum absolute atomic E-state index is 0.0311. The largest absolute Gasteiger partial charge is 0.465 e. The van der Waals surface area contributed by atoms with Crippen molar-refractivity contribution in [3.05, 3.63) is 21.4 Å². The van der Waals surface area contributed by atoms with Gasteiger partial charge in [0.25, 0.3) is 0 Å². The van der Waals surface area contributed by atoms with Gasteiger partial charge in [-0.05, 0) is 6.07 Å². The SMILES string of the molecule is COCCN=C1CC(=O)c2sc(C(=O)OC)cc2C1=O. The highest BCUT2D eigenvalue weighted by molar-refractivity contribution is 7.16. The van der Waals surface area contributed by atoms with Crippen molar-refractivity contribution in [3.63, 3.8) is 0 Å². The van der Waals surface area contributed by atoms with Gasteiger partial charge in [0.15, 0.2) is 5.78 Å². The van der Waals surface area contributed by atoms with Crippen LogP contribution in [0.4, 0.5) is 0 Å². The number of thiophene rings is 1. The number of Topliss-reactive ketones (excluding diaryl/α,β-unsaturated/α-hetero) is 2. The number of nitrogens with zero attached hydrogens (tertiary/aromatic N) is 1. The second-order valence-corrected chi connectivity index (χ2v) is 5.15. The number of ether oxygens (including phenoxy) is 2. The summed E-state index contributed by atoms with van der Waals surface area (Å²) in [6.45, 7) is 0.711. The molecule has 2 rings (SSSR count). The summed E-state index contributed by atoms with van der Waals surface area (Å²) in [7, 11) is 2.79. The molecule has 1 heterocycles. The predicted octanol–water partition coefficient (Wildman–Crippen LogP) is 1.39. The number of carbonyl (C=O) groups excluding carboxylic acids is 3. The van der Waals surface area contributed by atoms with Crippen molar-refractivity contribution >= 4 is 34.6 Å². The van der Waals surface area contributed by atoms with E-state index in [9.17, 15) is 14.4 Å². The molecule has 0 spiro atoms. The Morgan fingerprint density at radius 1 is 1.40 bits per heavy atom. The standard InChI is InChI=1S/C13H13NO5S/c1-18-4-3-14-8-6-9(15)12-7(11(8)16)5-10(20-12)13(17)19-2/h5H,3-4,6H2,1-2H3. The van der Waals surface area contributed by atoms with Gasteiger partial charge in [0.1, 0.15) is 4.88 Å². The summed E-state index contributed by atoms with van der Waals surface area (Å²) >= 11 is 0.986. The molecule has 7 heteroatoms. The average Bonchev–Trinajstić information content (AvgIpc) is 2.89. The molecular weight excluding hydrogens is 282 g/mol. The third kappa shape index (κ3) is 2.68. The lowest BCUT2D eigenvalue weighted by molar-refractivity contribution is 0.0606. The third-order valence-electron chi connectivity index (χ3n) is 2.80. The zero-order valence-corrected chi connectivity index (χ0v) is 11.9. The molecule has 0 fully saturated rings.